The minimum Gasteiger partial charge on any atom is -0.496 e. The Morgan fingerprint density at radius 3 is 2.56 bits per heavy atom. The summed E-state index contributed by atoms with van der Waals surface area (Å²) < 4.78 is 48.2. The van der Waals surface area contributed by atoms with Crippen LogP contribution in [-0.2, 0) is 37.4 Å². The fourth-order valence-electron chi connectivity index (χ4n) is 4.74. The number of benzene rings is 2. The Balaban J connectivity index is 1.75. The summed E-state index contributed by atoms with van der Waals surface area (Å²) in [5, 5.41) is 0. The molecule has 0 aromatic heterocycles. The molecule has 1 saturated carbocycles. The highest BCUT2D eigenvalue weighted by Gasteiger charge is 2.36. The largest absolute Gasteiger partial charge is 0.496 e. The highest BCUT2D eigenvalue weighted by Crippen LogP contribution is 2.44. The van der Waals surface area contributed by atoms with E-state index in [0.717, 1.165) is 17.6 Å². The van der Waals surface area contributed by atoms with E-state index in [1.54, 1.807) is 26.0 Å². The van der Waals surface area contributed by atoms with Crippen LogP contribution in [-0.4, -0.2) is 34.1 Å². The van der Waals surface area contributed by atoms with Crippen LogP contribution in [0.3, 0.4) is 0 Å². The molecule has 1 aliphatic carbocycles. The van der Waals surface area contributed by atoms with Gasteiger partial charge in [0.1, 0.15) is 22.8 Å². The Labute approximate surface area is 211 Å². The summed E-state index contributed by atoms with van der Waals surface area (Å²) in [6, 6.07) is 6.28. The summed E-state index contributed by atoms with van der Waals surface area (Å²) in [5.41, 5.74) is 3.75. The van der Waals surface area contributed by atoms with Crippen LogP contribution in [0.4, 0.5) is 0 Å². The maximum atomic E-state index is 13.2. The first-order chi connectivity index (χ1) is 17.2. The van der Waals surface area contributed by atoms with Gasteiger partial charge in [0.05, 0.1) is 19.6 Å². The second kappa shape index (κ2) is 10.3. The van der Waals surface area contributed by atoms with Crippen molar-refractivity contribution in [2.75, 3.05) is 13.7 Å². The number of fused-ring (bicyclic) bond motifs is 1. The fraction of sp³-hybridized carbons (Fsp3) is 0.407. The molecule has 192 valence electrons. The number of aryl methyl sites for hydroxylation is 1. The smallest absolute Gasteiger partial charge is 0.342 e. The van der Waals surface area contributed by atoms with E-state index < -0.39 is 16.1 Å². The summed E-state index contributed by atoms with van der Waals surface area (Å²) in [5.74, 6) is -0.664. The van der Waals surface area contributed by atoms with Crippen molar-refractivity contribution in [3.63, 3.8) is 0 Å². The van der Waals surface area contributed by atoms with Crippen molar-refractivity contribution in [3.05, 3.63) is 63.7 Å². The molecule has 1 fully saturated rings. The molecule has 1 heterocycles. The first-order valence-electron chi connectivity index (χ1n) is 11.9. The Morgan fingerprint density at radius 1 is 1.17 bits per heavy atom. The van der Waals surface area contributed by atoms with Crippen molar-refractivity contribution < 1.29 is 36.4 Å². The molecule has 1 aliphatic heterocycles. The molecule has 0 saturated heterocycles. The van der Waals surface area contributed by atoms with E-state index in [9.17, 15) is 18.0 Å². The molecule has 9 heteroatoms. The van der Waals surface area contributed by atoms with Gasteiger partial charge in [0.15, 0.2) is 5.75 Å². The van der Waals surface area contributed by atoms with Crippen molar-refractivity contribution in [1.29, 1.82) is 0 Å². The predicted molar refractivity (Wildman–Crippen MR) is 132 cm³/mol. The normalized spacial score (nSPS) is 18.2. The number of hydrogen-bond acceptors (Lipinski definition) is 8. The molecule has 0 amide bonds. The Kier molecular flexibility index (Phi) is 7.40. The second-order valence-electron chi connectivity index (χ2n) is 9.00. The van der Waals surface area contributed by atoms with E-state index in [1.807, 2.05) is 13.0 Å². The van der Waals surface area contributed by atoms with Gasteiger partial charge in [0, 0.05) is 11.1 Å². The summed E-state index contributed by atoms with van der Waals surface area (Å²) >= 11 is 0. The topological polar surface area (TPSA) is 105 Å². The van der Waals surface area contributed by atoms with Gasteiger partial charge in [-0.1, -0.05) is 29.3 Å². The van der Waals surface area contributed by atoms with Gasteiger partial charge in [-0.05, 0) is 64.2 Å². The zero-order valence-electron chi connectivity index (χ0n) is 20.9. The zero-order valence-corrected chi connectivity index (χ0v) is 21.7. The minimum absolute atomic E-state index is 0.0138. The molecule has 0 N–H and O–H groups in total. The average Bonchev–Trinajstić information content (AvgIpc) is 3.47. The summed E-state index contributed by atoms with van der Waals surface area (Å²) in [7, 11) is -2.75. The quantitative estimate of drug-likeness (QED) is 0.286. The lowest BCUT2D eigenvalue weighted by Crippen LogP contribution is -2.15. The maximum Gasteiger partial charge on any atom is 0.342 e. The van der Waals surface area contributed by atoms with Crippen LogP contribution in [0.5, 0.6) is 11.5 Å². The van der Waals surface area contributed by atoms with Crippen LogP contribution in [0.1, 0.15) is 58.8 Å². The van der Waals surface area contributed by atoms with Gasteiger partial charge in [-0.2, -0.15) is 8.42 Å². The SMILES string of the molecule is CCOC(=O)C1CCC(=CCc2c(OC)c(C)c3c(c2OS(=O)(=O)c2ccc(C)cc2)C(=O)OC3)C1. The summed E-state index contributed by atoms with van der Waals surface area (Å²) in [4.78, 5) is 24.8. The van der Waals surface area contributed by atoms with Gasteiger partial charge in [0.2, 0.25) is 0 Å². The highest BCUT2D eigenvalue weighted by atomic mass is 32.2. The minimum atomic E-state index is -4.24. The van der Waals surface area contributed by atoms with Gasteiger partial charge in [0.25, 0.3) is 0 Å². The standard InChI is InChI=1S/C27H30O8S/c1-5-33-26(28)19-10-8-18(14-19)9-13-21-24(32-4)17(3)22-15-34-27(29)23(22)25(21)35-36(30,31)20-11-6-16(2)7-12-20/h6-7,9,11-12,19H,5,8,10,13-15H2,1-4H3. The van der Waals surface area contributed by atoms with Crippen molar-refractivity contribution in [1.82, 2.24) is 0 Å². The van der Waals surface area contributed by atoms with Gasteiger partial charge in [-0.3, -0.25) is 4.79 Å². The molecule has 2 aromatic carbocycles. The molecular formula is C27H30O8S. The fourth-order valence-corrected chi connectivity index (χ4v) is 5.71. The molecule has 0 spiro atoms. The number of ether oxygens (including phenoxy) is 3. The second-order valence-corrected chi connectivity index (χ2v) is 10.6. The predicted octanol–water partition coefficient (Wildman–Crippen LogP) is 4.58. The van der Waals surface area contributed by atoms with Crippen molar-refractivity contribution in [3.8, 4) is 11.5 Å². The number of methoxy groups -OCH3 is 1. The first-order valence-corrected chi connectivity index (χ1v) is 13.3. The van der Waals surface area contributed by atoms with Crippen LogP contribution in [0.25, 0.3) is 0 Å². The lowest BCUT2D eigenvalue weighted by atomic mass is 9.94. The van der Waals surface area contributed by atoms with E-state index in [2.05, 4.69) is 0 Å². The third-order valence-electron chi connectivity index (χ3n) is 6.67. The molecule has 2 aliphatic rings. The molecule has 0 bridgehead atoms. The average molecular weight is 515 g/mol. The number of esters is 2. The van der Waals surface area contributed by atoms with Gasteiger partial charge < -0.3 is 18.4 Å². The van der Waals surface area contributed by atoms with E-state index in [0.29, 0.717) is 41.9 Å². The molecule has 4 rings (SSSR count). The van der Waals surface area contributed by atoms with E-state index >= 15 is 0 Å². The summed E-state index contributed by atoms with van der Waals surface area (Å²) in [6.45, 7) is 5.79. The molecule has 2 aromatic rings. The lowest BCUT2D eigenvalue weighted by Gasteiger charge is -2.19. The van der Waals surface area contributed by atoms with E-state index in [1.165, 1.54) is 19.2 Å². The van der Waals surface area contributed by atoms with Gasteiger partial charge >= 0.3 is 22.1 Å². The molecule has 1 unspecified atom stereocenters. The number of carbonyl (C=O) groups excluding carboxylic acids is 2. The Hall–Kier alpha value is -3.33. The van der Waals surface area contributed by atoms with Crippen LogP contribution in [0.15, 0.2) is 40.8 Å². The molecule has 36 heavy (non-hydrogen) atoms. The number of cyclic esters (lactones) is 1. The number of hydrogen-bond donors (Lipinski definition) is 0. The van der Waals surface area contributed by atoms with Crippen LogP contribution < -0.4 is 8.92 Å². The van der Waals surface area contributed by atoms with Gasteiger partial charge in [-0.25, -0.2) is 4.79 Å². The Bertz CT molecular complexity index is 1320. The van der Waals surface area contributed by atoms with Crippen LogP contribution in [0, 0.1) is 19.8 Å². The summed E-state index contributed by atoms with van der Waals surface area (Å²) in [6.07, 6.45) is 4.21. The number of rotatable bonds is 8. The number of allylic oxidation sites excluding steroid dienone is 2. The van der Waals surface area contributed by atoms with E-state index in [4.69, 9.17) is 18.4 Å². The molecule has 0 radical (unpaired) electrons. The monoisotopic (exact) mass is 514 g/mol. The van der Waals surface area contributed by atoms with Crippen molar-refractivity contribution >= 4 is 22.1 Å². The Morgan fingerprint density at radius 2 is 1.89 bits per heavy atom. The third-order valence-corrected chi connectivity index (χ3v) is 7.90. The van der Waals surface area contributed by atoms with Crippen molar-refractivity contribution in [2.45, 2.75) is 58.0 Å². The lowest BCUT2D eigenvalue weighted by molar-refractivity contribution is -0.147. The first kappa shape index (κ1) is 25.8. The van der Waals surface area contributed by atoms with Crippen LogP contribution >= 0.6 is 0 Å². The third kappa shape index (κ3) is 4.97. The number of carbonyl (C=O) groups is 2. The van der Waals surface area contributed by atoms with Crippen LogP contribution in [0.2, 0.25) is 0 Å². The van der Waals surface area contributed by atoms with Crippen molar-refractivity contribution in [2.24, 2.45) is 5.92 Å². The van der Waals surface area contributed by atoms with E-state index in [-0.39, 0.29) is 41.1 Å². The zero-order chi connectivity index (χ0) is 26.0. The maximum absolute atomic E-state index is 13.2. The molecular weight excluding hydrogens is 484 g/mol. The van der Waals surface area contributed by atoms with Gasteiger partial charge in [-0.15, -0.1) is 0 Å². The highest BCUT2D eigenvalue weighted by molar-refractivity contribution is 7.87. The molecule has 1 atom stereocenters. The molecule has 8 nitrogen and oxygen atoms in total.